The van der Waals surface area contributed by atoms with Crippen molar-refractivity contribution >= 4 is 5.91 Å². The Kier molecular flexibility index (Phi) is 12.0. The van der Waals surface area contributed by atoms with Crippen LogP contribution in [0.5, 0.6) is 0 Å². The van der Waals surface area contributed by atoms with Crippen LogP contribution in [0.3, 0.4) is 0 Å². The Morgan fingerprint density at radius 2 is 1.30 bits per heavy atom. The summed E-state index contributed by atoms with van der Waals surface area (Å²) in [7, 11) is 0. The zero-order valence-corrected chi connectivity index (χ0v) is 22.8. The average Bonchev–Trinajstić information content (AvgIpc) is 2.92. The van der Waals surface area contributed by atoms with Crippen molar-refractivity contribution in [3.63, 3.8) is 0 Å². The molecule has 0 aromatic rings. The highest BCUT2D eigenvalue weighted by Crippen LogP contribution is 2.34. The van der Waals surface area contributed by atoms with Crippen LogP contribution in [-0.4, -0.2) is 158 Å². The quantitative estimate of drug-likeness (QED) is 0.117. The second kappa shape index (κ2) is 14.4. The number of amides is 1. The fraction of sp³-hybridized carbons (Fsp3) is 0.958. The van der Waals surface area contributed by atoms with Crippen molar-refractivity contribution in [1.82, 2.24) is 5.32 Å². The molecule has 3 rings (SSSR count). The molecule has 3 heterocycles. The van der Waals surface area contributed by atoms with E-state index in [0.717, 1.165) is 0 Å². The molecule has 16 nitrogen and oxygen atoms in total. The van der Waals surface area contributed by atoms with Crippen molar-refractivity contribution < 1.29 is 74.1 Å². The van der Waals surface area contributed by atoms with E-state index in [4.69, 9.17) is 28.4 Å². The van der Waals surface area contributed by atoms with Crippen molar-refractivity contribution in [1.29, 1.82) is 0 Å². The normalized spacial score (nSPS) is 47.0. The SMILES string of the molecule is CCC(C)O[C@@H]1O[C@H](CO)[C@@H](OC2O[C@H](CO)[C@H](O)[C@H](O)[C@H]2O)[C@H](OC2O[C@@H](C)[C@@H](O)[C@@H](O)[C@@H]2O)[C@H]1NC(C)=O. The van der Waals surface area contributed by atoms with Gasteiger partial charge in [0, 0.05) is 6.92 Å². The standard InChI is InChI=1S/C24H43NO15/c1-5-8(2)35-22-13(25-10(4)28)21(40-23-18(33)16(31)14(29)9(3)36-23)20(12(7-27)38-22)39-24-19(34)17(32)15(30)11(6-26)37-24/h8-9,11-24,26-27,29-34H,5-7H2,1-4H3,(H,25,28)/t8?,9-,11+,12+,13+,14+,15-,16+,17-,18-,19+,20+,21+,22+,23?,24?/m0/s1. The molecular weight excluding hydrogens is 542 g/mol. The molecule has 0 saturated carbocycles. The van der Waals surface area contributed by atoms with E-state index in [1.54, 1.807) is 6.92 Å². The summed E-state index contributed by atoms with van der Waals surface area (Å²) in [5.41, 5.74) is 0. The summed E-state index contributed by atoms with van der Waals surface area (Å²) in [4.78, 5) is 12.2. The summed E-state index contributed by atoms with van der Waals surface area (Å²) in [6.45, 7) is 4.84. The van der Waals surface area contributed by atoms with Crippen LogP contribution in [0, 0.1) is 0 Å². The molecule has 16 atom stereocenters. The summed E-state index contributed by atoms with van der Waals surface area (Å²) in [6, 6.07) is -1.18. The highest BCUT2D eigenvalue weighted by molar-refractivity contribution is 5.73. The lowest BCUT2D eigenvalue weighted by Gasteiger charge is -2.50. The Hall–Kier alpha value is -1.09. The van der Waals surface area contributed by atoms with Crippen LogP contribution in [0.2, 0.25) is 0 Å². The highest BCUT2D eigenvalue weighted by Gasteiger charge is 2.54. The topological polar surface area (TPSA) is 246 Å². The smallest absolute Gasteiger partial charge is 0.217 e. The molecule has 234 valence electrons. The van der Waals surface area contributed by atoms with Crippen LogP contribution in [0.15, 0.2) is 0 Å². The van der Waals surface area contributed by atoms with Crippen LogP contribution in [0.4, 0.5) is 0 Å². The molecule has 0 aromatic carbocycles. The largest absolute Gasteiger partial charge is 0.394 e. The molecule has 3 fully saturated rings. The lowest BCUT2D eigenvalue weighted by molar-refractivity contribution is -0.375. The van der Waals surface area contributed by atoms with Gasteiger partial charge in [0.05, 0.1) is 25.4 Å². The van der Waals surface area contributed by atoms with E-state index in [0.29, 0.717) is 6.42 Å². The first-order valence-electron chi connectivity index (χ1n) is 13.3. The minimum atomic E-state index is -1.82. The molecule has 0 aromatic heterocycles. The Bertz CT molecular complexity index is 806. The van der Waals surface area contributed by atoms with Crippen molar-refractivity contribution in [3.8, 4) is 0 Å². The van der Waals surface area contributed by atoms with Crippen LogP contribution in [-0.2, 0) is 33.2 Å². The molecule has 0 radical (unpaired) electrons. The van der Waals surface area contributed by atoms with Crippen molar-refractivity contribution in [2.24, 2.45) is 0 Å². The predicted molar refractivity (Wildman–Crippen MR) is 130 cm³/mol. The number of nitrogens with one attached hydrogen (secondary N) is 1. The average molecular weight is 586 g/mol. The van der Waals surface area contributed by atoms with Gasteiger partial charge in [0.2, 0.25) is 5.91 Å². The molecule has 3 aliphatic rings. The van der Waals surface area contributed by atoms with Gasteiger partial charge in [-0.2, -0.15) is 0 Å². The molecule has 40 heavy (non-hydrogen) atoms. The van der Waals surface area contributed by atoms with E-state index in [-0.39, 0.29) is 6.10 Å². The van der Waals surface area contributed by atoms with Gasteiger partial charge in [-0.15, -0.1) is 0 Å². The maximum absolute atomic E-state index is 12.2. The van der Waals surface area contributed by atoms with Crippen LogP contribution < -0.4 is 5.32 Å². The van der Waals surface area contributed by atoms with Gasteiger partial charge in [0.15, 0.2) is 18.9 Å². The third-order valence-corrected chi connectivity index (χ3v) is 7.38. The molecule has 0 aliphatic carbocycles. The molecule has 16 heteroatoms. The summed E-state index contributed by atoms with van der Waals surface area (Å²) in [5.74, 6) is -0.539. The minimum Gasteiger partial charge on any atom is -0.394 e. The third-order valence-electron chi connectivity index (χ3n) is 7.38. The number of ether oxygens (including phenoxy) is 6. The summed E-state index contributed by atoms with van der Waals surface area (Å²) in [5, 5.41) is 84.4. The maximum Gasteiger partial charge on any atom is 0.217 e. The Balaban J connectivity index is 2.00. The molecule has 3 unspecified atom stereocenters. The van der Waals surface area contributed by atoms with Crippen molar-refractivity contribution in [2.75, 3.05) is 13.2 Å². The van der Waals surface area contributed by atoms with Gasteiger partial charge in [-0.1, -0.05) is 6.92 Å². The van der Waals surface area contributed by atoms with E-state index < -0.39 is 111 Å². The van der Waals surface area contributed by atoms with E-state index in [1.807, 2.05) is 6.92 Å². The van der Waals surface area contributed by atoms with Gasteiger partial charge in [-0.05, 0) is 20.3 Å². The molecule has 3 aliphatic heterocycles. The monoisotopic (exact) mass is 585 g/mol. The Morgan fingerprint density at radius 3 is 1.85 bits per heavy atom. The van der Waals surface area contributed by atoms with Crippen molar-refractivity contribution in [2.45, 2.75) is 132 Å². The molecule has 0 bridgehead atoms. The van der Waals surface area contributed by atoms with E-state index in [1.165, 1.54) is 13.8 Å². The summed E-state index contributed by atoms with van der Waals surface area (Å²) < 4.78 is 34.9. The molecule has 0 spiro atoms. The number of carbonyl (C=O) groups is 1. The van der Waals surface area contributed by atoms with Gasteiger partial charge in [-0.3, -0.25) is 4.79 Å². The number of aliphatic hydroxyl groups excluding tert-OH is 8. The summed E-state index contributed by atoms with van der Waals surface area (Å²) in [6.07, 6.45) is -20.7. The highest BCUT2D eigenvalue weighted by atomic mass is 16.8. The second-order valence-corrected chi connectivity index (χ2v) is 10.4. The predicted octanol–water partition coefficient (Wildman–Crippen LogP) is -4.58. The van der Waals surface area contributed by atoms with E-state index in [9.17, 15) is 45.6 Å². The molecular formula is C24H43NO15. The van der Waals surface area contributed by atoms with Crippen LogP contribution in [0.1, 0.15) is 34.1 Å². The number of aliphatic hydroxyl groups is 8. The number of hydrogen-bond donors (Lipinski definition) is 9. The van der Waals surface area contributed by atoms with Crippen molar-refractivity contribution in [3.05, 3.63) is 0 Å². The fourth-order valence-corrected chi connectivity index (χ4v) is 4.82. The lowest BCUT2D eigenvalue weighted by atomic mass is 9.94. The number of hydrogen-bond acceptors (Lipinski definition) is 15. The van der Waals surface area contributed by atoms with Crippen LogP contribution >= 0.6 is 0 Å². The number of rotatable bonds is 10. The molecule has 3 saturated heterocycles. The Labute approximate surface area is 231 Å². The fourth-order valence-electron chi connectivity index (χ4n) is 4.82. The molecule has 1 amide bonds. The minimum absolute atomic E-state index is 0.377. The first-order valence-corrected chi connectivity index (χ1v) is 13.3. The zero-order valence-electron chi connectivity index (χ0n) is 22.8. The van der Waals surface area contributed by atoms with Crippen LogP contribution in [0.25, 0.3) is 0 Å². The third kappa shape index (κ3) is 7.27. The maximum atomic E-state index is 12.2. The lowest BCUT2D eigenvalue weighted by Crippen LogP contribution is -2.70. The summed E-state index contributed by atoms with van der Waals surface area (Å²) >= 11 is 0. The van der Waals surface area contributed by atoms with Gasteiger partial charge in [0.25, 0.3) is 0 Å². The van der Waals surface area contributed by atoms with Gasteiger partial charge in [-0.25, -0.2) is 0 Å². The van der Waals surface area contributed by atoms with Gasteiger partial charge in [0.1, 0.15) is 67.1 Å². The first-order chi connectivity index (χ1) is 18.8. The van der Waals surface area contributed by atoms with Gasteiger partial charge < -0.3 is 74.6 Å². The molecule has 9 N–H and O–H groups in total. The van der Waals surface area contributed by atoms with E-state index >= 15 is 0 Å². The second-order valence-electron chi connectivity index (χ2n) is 10.4. The van der Waals surface area contributed by atoms with Gasteiger partial charge >= 0.3 is 0 Å². The zero-order chi connectivity index (χ0) is 29.9. The first kappa shape index (κ1) is 33.4. The Morgan fingerprint density at radius 1 is 0.775 bits per heavy atom. The number of carbonyl (C=O) groups excluding carboxylic acids is 1. The van der Waals surface area contributed by atoms with E-state index in [2.05, 4.69) is 5.32 Å².